The molecule has 1 atom stereocenters. The van der Waals surface area contributed by atoms with Crippen LogP contribution in [0.2, 0.25) is 0 Å². The zero-order valence-electron chi connectivity index (χ0n) is 16.2. The lowest BCUT2D eigenvalue weighted by Crippen LogP contribution is -3.11. The summed E-state index contributed by atoms with van der Waals surface area (Å²) in [6.07, 6.45) is 3.17. The van der Waals surface area contributed by atoms with Crippen molar-refractivity contribution in [3.05, 3.63) is 65.7 Å². The third-order valence-corrected chi connectivity index (χ3v) is 4.91. The van der Waals surface area contributed by atoms with E-state index < -0.39 is 0 Å². The average molecular weight is 391 g/mol. The molecule has 0 spiro atoms. The summed E-state index contributed by atoms with van der Waals surface area (Å²) in [5, 5.41) is 12.6. The molecule has 148 valence electrons. The lowest BCUT2D eigenvalue weighted by molar-refractivity contribution is -0.896. The average Bonchev–Trinajstić information content (AvgIpc) is 2.68. The Kier molecular flexibility index (Phi) is 10.5. The van der Waals surface area contributed by atoms with Gasteiger partial charge >= 0.3 is 0 Å². The maximum atomic E-state index is 12.6. The van der Waals surface area contributed by atoms with Gasteiger partial charge in [0.2, 0.25) is 0 Å². The van der Waals surface area contributed by atoms with Crippen LogP contribution in [0.25, 0.3) is 0 Å². The van der Waals surface area contributed by atoms with Crippen molar-refractivity contribution in [3.8, 4) is 5.75 Å². The Hall–Kier alpha value is -2.04. The van der Waals surface area contributed by atoms with Crippen molar-refractivity contribution < 1.29 is 27.2 Å². The Labute approximate surface area is 169 Å². The molecule has 0 radical (unpaired) electrons. The fourth-order valence-corrected chi connectivity index (χ4v) is 3.19. The number of carbonyl (C=O) groups is 1. The van der Waals surface area contributed by atoms with E-state index in [1.165, 1.54) is 6.54 Å². The van der Waals surface area contributed by atoms with Gasteiger partial charge in [0.1, 0.15) is 5.75 Å². The molecule has 2 aromatic rings. The Morgan fingerprint density at radius 3 is 2.22 bits per heavy atom. The summed E-state index contributed by atoms with van der Waals surface area (Å²) in [7, 11) is 0. The summed E-state index contributed by atoms with van der Waals surface area (Å²) < 4.78 is 0. The van der Waals surface area contributed by atoms with E-state index in [0.717, 1.165) is 37.9 Å². The number of halogens is 1. The summed E-state index contributed by atoms with van der Waals surface area (Å²) >= 11 is 0. The van der Waals surface area contributed by atoms with Gasteiger partial charge in [-0.25, -0.2) is 0 Å². The van der Waals surface area contributed by atoms with Crippen LogP contribution >= 0.6 is 0 Å². The third kappa shape index (κ3) is 7.61. The maximum absolute atomic E-state index is 12.6. The van der Waals surface area contributed by atoms with Crippen molar-refractivity contribution in [1.29, 1.82) is 0 Å². The molecule has 0 saturated heterocycles. The molecule has 0 saturated carbocycles. The second-order valence-corrected chi connectivity index (χ2v) is 6.69. The Bertz CT molecular complexity index is 658. The number of rotatable bonds is 10. The van der Waals surface area contributed by atoms with Gasteiger partial charge in [0.25, 0.3) is 5.91 Å². The Morgan fingerprint density at radius 1 is 1.00 bits per heavy atom. The van der Waals surface area contributed by atoms with Crippen molar-refractivity contribution >= 4 is 5.91 Å². The molecule has 0 bridgehead atoms. The minimum Gasteiger partial charge on any atom is -1.00 e. The third-order valence-electron chi connectivity index (χ3n) is 4.91. The van der Waals surface area contributed by atoms with Gasteiger partial charge < -0.3 is 27.7 Å². The number of phenols is 1. The smallest absolute Gasteiger partial charge is 0.251 e. The van der Waals surface area contributed by atoms with Crippen molar-refractivity contribution in [2.75, 3.05) is 19.6 Å². The van der Waals surface area contributed by atoms with Gasteiger partial charge in [0, 0.05) is 5.56 Å². The highest BCUT2D eigenvalue weighted by Crippen LogP contribution is 2.20. The summed E-state index contributed by atoms with van der Waals surface area (Å²) in [4.78, 5) is 14.2. The largest absolute Gasteiger partial charge is 1.00 e. The van der Waals surface area contributed by atoms with Crippen LogP contribution in [0.4, 0.5) is 0 Å². The second-order valence-electron chi connectivity index (χ2n) is 6.69. The molecule has 3 N–H and O–H groups in total. The number of amides is 1. The van der Waals surface area contributed by atoms with Gasteiger partial charge in [0.05, 0.1) is 25.7 Å². The minimum absolute atomic E-state index is 0. The summed E-state index contributed by atoms with van der Waals surface area (Å²) in [5.41, 5.74) is 1.70. The van der Waals surface area contributed by atoms with Crippen LogP contribution in [0.1, 0.15) is 55.1 Å². The molecular formula is C22H31ClN2O2. The first-order valence-electron chi connectivity index (χ1n) is 9.62. The van der Waals surface area contributed by atoms with Crippen molar-refractivity contribution in [2.24, 2.45) is 0 Å². The standard InChI is InChI=1S/C22H30N2O2.ClH/c1-3-24(4-2)17-9-8-12-21(18-10-6-5-7-11-18)23-22(26)19-13-15-20(25)16-14-19;/h5-7,10-11,13-16,21,25H,3-4,8-9,12,17H2,1-2H3,(H,23,26);1H. The summed E-state index contributed by atoms with van der Waals surface area (Å²) in [6.45, 7) is 7.96. The van der Waals surface area contributed by atoms with Crippen molar-refractivity contribution in [1.82, 2.24) is 5.32 Å². The molecule has 1 amide bonds. The normalized spacial score (nSPS) is 11.7. The van der Waals surface area contributed by atoms with Crippen molar-refractivity contribution in [2.45, 2.75) is 39.2 Å². The van der Waals surface area contributed by atoms with E-state index in [1.54, 1.807) is 29.2 Å². The van der Waals surface area contributed by atoms with Crippen LogP contribution in [0.15, 0.2) is 54.6 Å². The fourth-order valence-electron chi connectivity index (χ4n) is 3.19. The molecule has 1 unspecified atom stereocenters. The highest BCUT2D eigenvalue weighted by molar-refractivity contribution is 5.94. The first kappa shape index (κ1) is 23.0. The topological polar surface area (TPSA) is 53.8 Å². The number of hydrogen-bond acceptors (Lipinski definition) is 2. The molecule has 0 fully saturated rings. The highest BCUT2D eigenvalue weighted by Gasteiger charge is 2.16. The van der Waals surface area contributed by atoms with E-state index in [-0.39, 0.29) is 30.1 Å². The molecule has 5 heteroatoms. The number of nitrogens with one attached hydrogen (secondary N) is 2. The van der Waals surface area contributed by atoms with Crippen LogP contribution in [0, 0.1) is 0 Å². The van der Waals surface area contributed by atoms with Gasteiger partial charge in [-0.05, 0) is 62.9 Å². The Balaban J connectivity index is 0.00000364. The van der Waals surface area contributed by atoms with Crippen molar-refractivity contribution in [3.63, 3.8) is 0 Å². The summed E-state index contributed by atoms with van der Waals surface area (Å²) in [5.74, 6) is 0.0632. The van der Waals surface area contributed by atoms with E-state index in [2.05, 4.69) is 31.3 Å². The van der Waals surface area contributed by atoms with Gasteiger partial charge in [0.15, 0.2) is 0 Å². The highest BCUT2D eigenvalue weighted by atomic mass is 35.5. The number of quaternary nitrogens is 1. The molecule has 2 aromatic carbocycles. The van der Waals surface area contributed by atoms with E-state index in [4.69, 9.17) is 0 Å². The molecule has 0 heterocycles. The first-order chi connectivity index (χ1) is 12.6. The van der Waals surface area contributed by atoms with Crippen LogP contribution in [0.5, 0.6) is 5.75 Å². The first-order valence-corrected chi connectivity index (χ1v) is 9.62. The monoisotopic (exact) mass is 390 g/mol. The number of unbranched alkanes of at least 4 members (excludes halogenated alkanes) is 1. The molecule has 0 aromatic heterocycles. The number of benzene rings is 2. The number of carbonyl (C=O) groups excluding carboxylic acids is 1. The predicted molar refractivity (Wildman–Crippen MR) is 106 cm³/mol. The molecule has 0 aliphatic carbocycles. The molecule has 4 nitrogen and oxygen atoms in total. The van der Waals surface area contributed by atoms with Crippen LogP contribution in [-0.2, 0) is 0 Å². The van der Waals surface area contributed by atoms with E-state index in [9.17, 15) is 9.90 Å². The van der Waals surface area contributed by atoms with Gasteiger partial charge in [-0.1, -0.05) is 30.3 Å². The lowest BCUT2D eigenvalue weighted by atomic mass is 10.00. The SMILES string of the molecule is CC[NH+](CC)CCCCC(NC(=O)c1ccc(O)cc1)c1ccccc1.[Cl-]. The fraction of sp³-hybridized carbons (Fsp3) is 0.409. The van der Waals surface area contributed by atoms with E-state index in [1.807, 2.05) is 18.2 Å². The number of hydrogen-bond donors (Lipinski definition) is 3. The maximum Gasteiger partial charge on any atom is 0.251 e. The van der Waals surface area contributed by atoms with Gasteiger partial charge in [-0.2, -0.15) is 0 Å². The van der Waals surface area contributed by atoms with Gasteiger partial charge in [-0.15, -0.1) is 0 Å². The predicted octanol–water partition coefficient (Wildman–Crippen LogP) is -0.0377. The van der Waals surface area contributed by atoms with Crippen LogP contribution < -0.4 is 22.6 Å². The molecule has 27 heavy (non-hydrogen) atoms. The quantitative estimate of drug-likeness (QED) is 0.499. The minimum atomic E-state index is -0.103. The van der Waals surface area contributed by atoms with E-state index in [0.29, 0.717) is 5.56 Å². The second kappa shape index (κ2) is 12.4. The molecule has 0 aliphatic heterocycles. The Morgan fingerprint density at radius 2 is 1.63 bits per heavy atom. The zero-order valence-corrected chi connectivity index (χ0v) is 17.0. The van der Waals surface area contributed by atoms with Crippen LogP contribution in [-0.4, -0.2) is 30.6 Å². The molecule has 2 rings (SSSR count). The van der Waals surface area contributed by atoms with E-state index >= 15 is 0 Å². The summed E-state index contributed by atoms with van der Waals surface area (Å²) in [6, 6.07) is 16.5. The number of aromatic hydroxyl groups is 1. The zero-order chi connectivity index (χ0) is 18.8. The molecule has 0 aliphatic rings. The lowest BCUT2D eigenvalue weighted by Gasteiger charge is -2.20. The van der Waals surface area contributed by atoms with Gasteiger partial charge in [-0.3, -0.25) is 4.79 Å². The number of phenolic OH excluding ortho intramolecular Hbond substituents is 1. The van der Waals surface area contributed by atoms with Crippen LogP contribution in [0.3, 0.4) is 0 Å². The molecular weight excluding hydrogens is 360 g/mol.